The minimum atomic E-state index is -1.41. The van der Waals surface area contributed by atoms with Crippen LogP contribution in [0.2, 0.25) is 0 Å². The lowest BCUT2D eigenvalue weighted by Gasteiger charge is -2.22. The molecule has 0 aromatic carbocycles. The number of hydrogen-bond donors (Lipinski definition) is 6. The number of carbonyl (C=O) groups is 5. The molecule has 12 heteroatoms. The van der Waals surface area contributed by atoms with Gasteiger partial charge in [0.1, 0.15) is 12.1 Å². The van der Waals surface area contributed by atoms with Crippen molar-refractivity contribution in [2.75, 3.05) is 12.0 Å². The van der Waals surface area contributed by atoms with Crippen LogP contribution in [0.1, 0.15) is 25.7 Å². The number of aliphatic carboxylic acids is 2. The summed E-state index contributed by atoms with van der Waals surface area (Å²) < 4.78 is 0. The molecule has 0 aromatic rings. The van der Waals surface area contributed by atoms with E-state index in [4.69, 9.17) is 21.7 Å². The molecule has 3 amide bonds. The van der Waals surface area contributed by atoms with Gasteiger partial charge in [-0.05, 0) is 24.9 Å². The summed E-state index contributed by atoms with van der Waals surface area (Å²) >= 11 is 1.39. The lowest BCUT2D eigenvalue weighted by atomic mass is 10.1. The van der Waals surface area contributed by atoms with E-state index in [2.05, 4.69) is 10.6 Å². The van der Waals surface area contributed by atoms with Crippen LogP contribution < -0.4 is 22.1 Å². The van der Waals surface area contributed by atoms with Gasteiger partial charge in [0.2, 0.25) is 17.7 Å². The summed E-state index contributed by atoms with van der Waals surface area (Å²) in [5, 5.41) is 22.2. The summed E-state index contributed by atoms with van der Waals surface area (Å²) in [7, 11) is 0. The Morgan fingerprint density at radius 1 is 1.00 bits per heavy atom. The number of carboxylic acid groups (broad SMARTS) is 2. The average Bonchev–Trinajstić information content (AvgIpc) is 2.54. The van der Waals surface area contributed by atoms with Crippen molar-refractivity contribution in [3.05, 3.63) is 0 Å². The van der Waals surface area contributed by atoms with Gasteiger partial charge in [-0.3, -0.25) is 19.2 Å². The van der Waals surface area contributed by atoms with E-state index in [1.807, 2.05) is 0 Å². The average molecular weight is 392 g/mol. The van der Waals surface area contributed by atoms with E-state index in [0.29, 0.717) is 5.75 Å². The van der Waals surface area contributed by atoms with Crippen LogP contribution in [0.5, 0.6) is 0 Å². The third kappa shape index (κ3) is 9.84. The first-order valence-corrected chi connectivity index (χ1v) is 9.06. The Morgan fingerprint density at radius 3 is 2.04 bits per heavy atom. The summed E-state index contributed by atoms with van der Waals surface area (Å²) in [6.07, 6.45) is 0.847. The number of thioether (sulfide) groups is 1. The van der Waals surface area contributed by atoms with E-state index in [0.717, 1.165) is 0 Å². The first-order valence-electron chi connectivity index (χ1n) is 7.66. The van der Waals surface area contributed by atoms with Crippen LogP contribution in [-0.4, -0.2) is 70.0 Å². The molecule has 0 rings (SSSR count). The summed E-state index contributed by atoms with van der Waals surface area (Å²) in [5.74, 6) is -4.54. The van der Waals surface area contributed by atoms with Crippen LogP contribution in [0, 0.1) is 0 Å². The number of carboxylic acids is 2. The van der Waals surface area contributed by atoms with E-state index in [1.54, 1.807) is 6.26 Å². The number of nitrogens with two attached hydrogens (primary N) is 2. The van der Waals surface area contributed by atoms with E-state index in [-0.39, 0.29) is 19.3 Å². The molecule has 26 heavy (non-hydrogen) atoms. The van der Waals surface area contributed by atoms with Gasteiger partial charge in [0, 0.05) is 6.42 Å². The van der Waals surface area contributed by atoms with Crippen molar-refractivity contribution in [1.82, 2.24) is 10.6 Å². The minimum absolute atomic E-state index is 0.150. The number of rotatable bonds is 13. The van der Waals surface area contributed by atoms with Gasteiger partial charge in [0.25, 0.3) is 0 Å². The van der Waals surface area contributed by atoms with Gasteiger partial charge in [0.15, 0.2) is 0 Å². The highest BCUT2D eigenvalue weighted by Crippen LogP contribution is 2.03. The molecule has 8 N–H and O–H groups in total. The fourth-order valence-electron chi connectivity index (χ4n) is 1.86. The molecular formula is C14H24N4O7S. The summed E-state index contributed by atoms with van der Waals surface area (Å²) in [4.78, 5) is 57.0. The third-order valence-electron chi connectivity index (χ3n) is 3.27. The molecule has 0 saturated carbocycles. The second-order valence-corrected chi connectivity index (χ2v) is 6.44. The third-order valence-corrected chi connectivity index (χ3v) is 3.91. The molecule has 0 bridgehead atoms. The Labute approximate surface area is 154 Å². The molecule has 0 fully saturated rings. The SMILES string of the molecule is CSCC[C@H](NC(=O)[C@H](CC(N)=O)NC(=O)[C@@H](N)CCC(=O)O)C(=O)O. The summed E-state index contributed by atoms with van der Waals surface area (Å²) in [6, 6.07) is -3.81. The van der Waals surface area contributed by atoms with Crippen molar-refractivity contribution in [3.8, 4) is 0 Å². The topological polar surface area (TPSA) is 202 Å². The Bertz CT molecular complexity index is 543. The van der Waals surface area contributed by atoms with Gasteiger partial charge in [-0.15, -0.1) is 0 Å². The van der Waals surface area contributed by atoms with Crippen molar-refractivity contribution in [3.63, 3.8) is 0 Å². The van der Waals surface area contributed by atoms with Crippen LogP contribution in [0.4, 0.5) is 0 Å². The maximum Gasteiger partial charge on any atom is 0.326 e. The number of amides is 3. The largest absolute Gasteiger partial charge is 0.481 e. The van der Waals surface area contributed by atoms with Gasteiger partial charge in [0.05, 0.1) is 12.5 Å². The molecule has 0 aliphatic heterocycles. The van der Waals surface area contributed by atoms with Gasteiger partial charge < -0.3 is 32.3 Å². The smallest absolute Gasteiger partial charge is 0.326 e. The predicted octanol–water partition coefficient (Wildman–Crippen LogP) is -2.14. The Balaban J connectivity index is 4.96. The highest BCUT2D eigenvalue weighted by molar-refractivity contribution is 7.98. The number of nitrogens with one attached hydrogen (secondary N) is 2. The number of hydrogen-bond acceptors (Lipinski definition) is 7. The molecule has 0 aliphatic carbocycles. The van der Waals surface area contributed by atoms with Crippen molar-refractivity contribution in [2.24, 2.45) is 11.5 Å². The molecule has 0 unspecified atom stereocenters. The highest BCUT2D eigenvalue weighted by Gasteiger charge is 2.29. The lowest BCUT2D eigenvalue weighted by Crippen LogP contribution is -2.55. The normalized spacial score (nSPS) is 13.9. The second-order valence-electron chi connectivity index (χ2n) is 5.45. The Morgan fingerprint density at radius 2 is 1.58 bits per heavy atom. The number of primary amides is 1. The summed E-state index contributed by atoms with van der Waals surface area (Å²) in [5.41, 5.74) is 10.6. The molecule has 0 radical (unpaired) electrons. The fraction of sp³-hybridized carbons (Fsp3) is 0.643. The van der Waals surface area contributed by atoms with E-state index in [1.165, 1.54) is 11.8 Å². The molecular weight excluding hydrogens is 368 g/mol. The molecule has 11 nitrogen and oxygen atoms in total. The van der Waals surface area contributed by atoms with Crippen LogP contribution in [0.3, 0.4) is 0 Å². The second kappa shape index (κ2) is 12.1. The van der Waals surface area contributed by atoms with Gasteiger partial charge in [-0.2, -0.15) is 11.8 Å². The van der Waals surface area contributed by atoms with Crippen LogP contribution in [0.15, 0.2) is 0 Å². The predicted molar refractivity (Wildman–Crippen MR) is 93.2 cm³/mol. The van der Waals surface area contributed by atoms with Crippen molar-refractivity contribution < 1.29 is 34.2 Å². The Kier molecular flexibility index (Phi) is 11.0. The molecule has 3 atom stereocenters. The van der Waals surface area contributed by atoms with Crippen molar-refractivity contribution >= 4 is 41.4 Å². The molecule has 0 saturated heterocycles. The van der Waals surface area contributed by atoms with E-state index >= 15 is 0 Å². The van der Waals surface area contributed by atoms with Gasteiger partial charge in [-0.1, -0.05) is 0 Å². The lowest BCUT2D eigenvalue weighted by molar-refractivity contribution is -0.142. The maximum absolute atomic E-state index is 12.2. The van der Waals surface area contributed by atoms with Gasteiger partial charge >= 0.3 is 11.9 Å². The highest BCUT2D eigenvalue weighted by atomic mass is 32.2. The van der Waals surface area contributed by atoms with Crippen LogP contribution >= 0.6 is 11.8 Å². The molecule has 0 spiro atoms. The van der Waals surface area contributed by atoms with Crippen molar-refractivity contribution in [2.45, 2.75) is 43.8 Å². The minimum Gasteiger partial charge on any atom is -0.481 e. The number of carbonyl (C=O) groups excluding carboxylic acids is 3. The van der Waals surface area contributed by atoms with E-state index in [9.17, 15) is 24.0 Å². The zero-order valence-corrected chi connectivity index (χ0v) is 15.1. The van der Waals surface area contributed by atoms with Gasteiger partial charge in [-0.25, -0.2) is 4.79 Å². The van der Waals surface area contributed by atoms with Crippen LogP contribution in [0.25, 0.3) is 0 Å². The quantitative estimate of drug-likeness (QED) is 0.202. The zero-order valence-electron chi connectivity index (χ0n) is 14.3. The van der Waals surface area contributed by atoms with Crippen LogP contribution in [-0.2, 0) is 24.0 Å². The monoisotopic (exact) mass is 392 g/mol. The molecule has 0 heterocycles. The standard InChI is InChI=1S/C14H24N4O7S/c1-26-5-4-8(14(24)25)17-13(23)9(6-10(16)19)18-12(22)7(15)2-3-11(20)21/h7-9H,2-6,15H2,1H3,(H2,16,19)(H,17,23)(H,18,22)(H,20,21)(H,24,25)/t7-,8-,9-/m0/s1. The molecule has 0 aromatic heterocycles. The summed E-state index contributed by atoms with van der Waals surface area (Å²) in [6.45, 7) is 0. The molecule has 148 valence electrons. The van der Waals surface area contributed by atoms with Crippen molar-refractivity contribution in [1.29, 1.82) is 0 Å². The maximum atomic E-state index is 12.2. The molecule has 0 aliphatic rings. The van der Waals surface area contributed by atoms with E-state index < -0.39 is 54.2 Å². The zero-order chi connectivity index (χ0) is 20.3. The fourth-order valence-corrected chi connectivity index (χ4v) is 2.34. The first-order chi connectivity index (χ1) is 12.1. The first kappa shape index (κ1) is 23.7. The Hall–Kier alpha value is -2.34.